The molecule has 13 heteroatoms. The Balaban J connectivity index is 1.38. The Bertz CT molecular complexity index is 1830. The maximum absolute atomic E-state index is 14.3. The lowest BCUT2D eigenvalue weighted by molar-refractivity contribution is -0.141. The van der Waals surface area contributed by atoms with Crippen LogP contribution in [0.15, 0.2) is 83.4 Å². The van der Waals surface area contributed by atoms with E-state index in [4.69, 9.17) is 27.6 Å². The van der Waals surface area contributed by atoms with Crippen molar-refractivity contribution < 1.29 is 33.5 Å². The molecule has 2 unspecified atom stereocenters. The number of amides is 3. The second-order valence-electron chi connectivity index (χ2n) is 12.1. The second-order valence-corrected chi connectivity index (χ2v) is 12.9. The highest BCUT2D eigenvalue weighted by molar-refractivity contribution is 6.39. The molecule has 254 valence electrons. The van der Waals surface area contributed by atoms with Gasteiger partial charge in [0.2, 0.25) is 17.6 Å². The predicted molar refractivity (Wildman–Crippen MR) is 182 cm³/mol. The molecule has 0 fully saturated rings. The van der Waals surface area contributed by atoms with Crippen LogP contribution in [0.4, 0.5) is 0 Å². The fourth-order valence-electron chi connectivity index (χ4n) is 5.81. The van der Waals surface area contributed by atoms with Gasteiger partial charge in [0.15, 0.2) is 5.76 Å². The van der Waals surface area contributed by atoms with E-state index in [0.717, 1.165) is 11.1 Å². The third-order valence-corrected chi connectivity index (χ3v) is 8.91. The van der Waals surface area contributed by atoms with Crippen LogP contribution < -0.4 is 10.6 Å². The van der Waals surface area contributed by atoms with E-state index in [-0.39, 0.29) is 21.7 Å². The molecule has 0 spiro atoms. The van der Waals surface area contributed by atoms with Gasteiger partial charge in [0, 0.05) is 11.6 Å². The van der Waals surface area contributed by atoms with Gasteiger partial charge in [-0.15, -0.1) is 0 Å². The Labute approximate surface area is 292 Å². The summed E-state index contributed by atoms with van der Waals surface area (Å²) in [6.45, 7) is 3.08. The molecule has 49 heavy (non-hydrogen) atoms. The van der Waals surface area contributed by atoms with Gasteiger partial charge < -0.3 is 25.1 Å². The number of nitrogens with one attached hydrogen (secondary N) is 2. The molecule has 0 radical (unpaired) electrons. The summed E-state index contributed by atoms with van der Waals surface area (Å²) in [5, 5.41) is 15.4. The van der Waals surface area contributed by atoms with Crippen LogP contribution in [-0.4, -0.2) is 69.1 Å². The van der Waals surface area contributed by atoms with Gasteiger partial charge in [0.25, 0.3) is 11.8 Å². The Morgan fingerprint density at radius 3 is 2.10 bits per heavy atom. The van der Waals surface area contributed by atoms with E-state index in [2.05, 4.69) is 15.6 Å². The molecule has 0 saturated heterocycles. The summed E-state index contributed by atoms with van der Waals surface area (Å²) in [4.78, 5) is 71.7. The number of aliphatic carboxylic acids is 1. The number of ketones is 1. The molecule has 3 amide bonds. The highest BCUT2D eigenvalue weighted by Crippen LogP contribution is 2.35. The first kappa shape index (κ1) is 35.3. The van der Waals surface area contributed by atoms with Gasteiger partial charge in [-0.25, -0.2) is 4.98 Å². The van der Waals surface area contributed by atoms with Crippen molar-refractivity contribution >= 4 is 52.7 Å². The topological polar surface area (TPSA) is 159 Å². The first-order chi connectivity index (χ1) is 23.4. The number of nitrogens with zero attached hydrogens (tertiary/aromatic N) is 2. The maximum Gasteiger partial charge on any atom is 0.305 e. The van der Waals surface area contributed by atoms with Crippen molar-refractivity contribution in [3.8, 4) is 11.3 Å². The van der Waals surface area contributed by atoms with E-state index in [1.54, 1.807) is 62.4 Å². The first-order valence-electron chi connectivity index (χ1n) is 15.6. The van der Waals surface area contributed by atoms with Crippen molar-refractivity contribution in [1.29, 1.82) is 0 Å². The van der Waals surface area contributed by atoms with Crippen molar-refractivity contribution in [2.24, 2.45) is 5.92 Å². The lowest BCUT2D eigenvalue weighted by atomic mass is 10.00. The molecule has 1 heterocycles. The number of rotatable bonds is 13. The molecule has 0 saturated carbocycles. The number of Topliss-reactive ketones (excluding diaryl/α,β-unsaturated/α-hetero) is 1. The molecule has 3 N–H and O–H groups in total. The van der Waals surface area contributed by atoms with Crippen LogP contribution in [0.2, 0.25) is 10.0 Å². The number of carbonyl (C=O) groups is 5. The number of benzene rings is 3. The molecule has 0 bridgehead atoms. The van der Waals surface area contributed by atoms with Crippen LogP contribution in [0.1, 0.15) is 52.4 Å². The lowest BCUT2D eigenvalue weighted by Gasteiger charge is -2.34. The van der Waals surface area contributed by atoms with Gasteiger partial charge in [0.1, 0.15) is 12.1 Å². The molecule has 2 atom stereocenters. The first-order valence-corrected chi connectivity index (χ1v) is 16.4. The fraction of sp³-hybridized carbons (Fsp3) is 0.278. The monoisotopic (exact) mass is 704 g/mol. The van der Waals surface area contributed by atoms with Gasteiger partial charge in [0.05, 0.1) is 34.8 Å². The van der Waals surface area contributed by atoms with E-state index in [0.29, 0.717) is 24.0 Å². The van der Waals surface area contributed by atoms with E-state index in [1.807, 2.05) is 24.3 Å². The van der Waals surface area contributed by atoms with Crippen molar-refractivity contribution in [3.05, 3.63) is 112 Å². The lowest BCUT2D eigenvalue weighted by Crippen LogP contribution is -2.57. The van der Waals surface area contributed by atoms with Crippen LogP contribution in [0.3, 0.4) is 0 Å². The van der Waals surface area contributed by atoms with E-state index < -0.39 is 66.5 Å². The summed E-state index contributed by atoms with van der Waals surface area (Å²) in [5.41, 5.74) is 2.72. The van der Waals surface area contributed by atoms with Gasteiger partial charge >= 0.3 is 5.97 Å². The van der Waals surface area contributed by atoms with Crippen LogP contribution in [0, 0.1) is 5.92 Å². The summed E-state index contributed by atoms with van der Waals surface area (Å²) in [7, 11) is 0. The zero-order valence-electron chi connectivity index (χ0n) is 26.7. The standard InChI is InChI=1S/C36H34Cl2N4O7/c1-20(2)32(41-34(47)21-9-4-3-5-10-21)36(48)42(24-15-22-11-6-7-12-23(22)16-24)19-29(43)40-27(17-30(44)45)33(46)35-39-18-28(49-35)31-25(37)13-8-14-26(31)38/h3-14,18,20,24,27,32H,15-17,19H2,1-2H3,(H,40,43)(H,41,47)(H,44,45). The zero-order valence-corrected chi connectivity index (χ0v) is 28.2. The van der Waals surface area contributed by atoms with Gasteiger partial charge in [-0.05, 0) is 54.2 Å². The Hall–Kier alpha value is -5.00. The molecule has 1 aliphatic rings. The molecular formula is C36H34Cl2N4O7. The molecule has 1 aliphatic carbocycles. The average molecular weight is 706 g/mol. The number of hydrogen-bond acceptors (Lipinski definition) is 7. The SMILES string of the molecule is CC(C)C(NC(=O)c1ccccc1)C(=O)N(CC(=O)NC(CC(=O)O)C(=O)c1ncc(-c2c(Cl)cccc2Cl)o1)C1Cc2ccccc2C1. The zero-order chi connectivity index (χ0) is 35.2. The van der Waals surface area contributed by atoms with Crippen LogP contribution in [0.25, 0.3) is 11.3 Å². The van der Waals surface area contributed by atoms with Crippen molar-refractivity contribution in [1.82, 2.24) is 20.5 Å². The quantitative estimate of drug-likeness (QED) is 0.159. The van der Waals surface area contributed by atoms with E-state index in [9.17, 15) is 29.1 Å². The summed E-state index contributed by atoms with van der Waals surface area (Å²) in [5.74, 6) is -4.68. The van der Waals surface area contributed by atoms with E-state index >= 15 is 0 Å². The predicted octanol–water partition coefficient (Wildman–Crippen LogP) is 5.24. The molecule has 5 rings (SSSR count). The maximum atomic E-state index is 14.3. The number of fused-ring (bicyclic) bond motifs is 1. The molecule has 4 aromatic rings. The summed E-state index contributed by atoms with van der Waals surface area (Å²) in [6, 6.07) is 18.0. The minimum Gasteiger partial charge on any atom is -0.481 e. The number of carbonyl (C=O) groups excluding carboxylic acids is 4. The minimum absolute atomic E-state index is 0.0780. The normalized spacial score (nSPS) is 13.7. The molecule has 1 aromatic heterocycles. The minimum atomic E-state index is -1.57. The van der Waals surface area contributed by atoms with Crippen molar-refractivity contribution in [2.75, 3.05) is 6.54 Å². The molecular weight excluding hydrogens is 671 g/mol. The van der Waals surface area contributed by atoms with Gasteiger partial charge in [-0.1, -0.05) is 85.6 Å². The second kappa shape index (κ2) is 15.5. The number of carboxylic acid groups (broad SMARTS) is 1. The third-order valence-electron chi connectivity index (χ3n) is 8.28. The molecule has 0 aliphatic heterocycles. The van der Waals surface area contributed by atoms with Gasteiger partial charge in [-0.2, -0.15) is 0 Å². The number of hydrogen-bond donors (Lipinski definition) is 3. The Morgan fingerprint density at radius 1 is 0.898 bits per heavy atom. The summed E-state index contributed by atoms with van der Waals surface area (Å²) in [6.07, 6.45) is 1.38. The number of aromatic nitrogens is 1. The molecule has 3 aromatic carbocycles. The summed E-state index contributed by atoms with van der Waals surface area (Å²) < 4.78 is 5.63. The average Bonchev–Trinajstić information content (AvgIpc) is 3.73. The highest BCUT2D eigenvalue weighted by Gasteiger charge is 2.38. The largest absolute Gasteiger partial charge is 0.481 e. The van der Waals surface area contributed by atoms with Crippen LogP contribution in [0.5, 0.6) is 0 Å². The Morgan fingerprint density at radius 2 is 1.51 bits per heavy atom. The number of halogens is 2. The van der Waals surface area contributed by atoms with Crippen LogP contribution >= 0.6 is 23.2 Å². The smallest absolute Gasteiger partial charge is 0.305 e. The Kier molecular flexibility index (Phi) is 11.2. The van der Waals surface area contributed by atoms with Crippen LogP contribution in [-0.2, 0) is 27.2 Å². The highest BCUT2D eigenvalue weighted by atomic mass is 35.5. The number of carboxylic acids is 1. The van der Waals surface area contributed by atoms with Gasteiger partial charge in [-0.3, -0.25) is 24.0 Å². The summed E-state index contributed by atoms with van der Waals surface area (Å²) >= 11 is 12.5. The van der Waals surface area contributed by atoms with E-state index in [1.165, 1.54) is 11.1 Å². The van der Waals surface area contributed by atoms with Crippen molar-refractivity contribution in [2.45, 2.75) is 51.2 Å². The third kappa shape index (κ3) is 8.36. The molecule has 11 nitrogen and oxygen atoms in total. The van der Waals surface area contributed by atoms with Crippen molar-refractivity contribution in [3.63, 3.8) is 0 Å². The fourth-order valence-corrected chi connectivity index (χ4v) is 6.40. The number of oxazole rings is 1.